The van der Waals surface area contributed by atoms with Crippen LogP contribution in [0, 0.1) is 0 Å². The van der Waals surface area contributed by atoms with Crippen LogP contribution in [0.1, 0.15) is 20.3 Å². The fraction of sp³-hybridized carbons (Fsp3) is 0.571. The molecular formula is C14H18O3S. The van der Waals surface area contributed by atoms with Gasteiger partial charge in [-0.3, -0.25) is 0 Å². The highest BCUT2D eigenvalue weighted by Crippen LogP contribution is 2.39. The van der Waals surface area contributed by atoms with E-state index in [1.165, 1.54) is 4.90 Å². The van der Waals surface area contributed by atoms with E-state index in [2.05, 4.69) is 12.1 Å². The highest BCUT2D eigenvalue weighted by Gasteiger charge is 2.44. The van der Waals surface area contributed by atoms with Crippen LogP contribution in [0.25, 0.3) is 0 Å². The average Bonchev–Trinajstić information content (AvgIpc) is 2.70. The van der Waals surface area contributed by atoms with Gasteiger partial charge in [-0.25, -0.2) is 0 Å². The van der Waals surface area contributed by atoms with Crippen molar-refractivity contribution in [2.45, 2.75) is 48.6 Å². The van der Waals surface area contributed by atoms with Crippen LogP contribution < -0.4 is 0 Å². The van der Waals surface area contributed by atoms with Crippen molar-refractivity contribution in [2.24, 2.45) is 0 Å². The first-order chi connectivity index (χ1) is 8.62. The first-order valence-corrected chi connectivity index (χ1v) is 7.19. The fourth-order valence-electron chi connectivity index (χ4n) is 2.36. The zero-order valence-electron chi connectivity index (χ0n) is 10.7. The summed E-state index contributed by atoms with van der Waals surface area (Å²) in [7, 11) is 0. The number of fused-ring (bicyclic) bond motifs is 1. The third-order valence-electron chi connectivity index (χ3n) is 3.21. The van der Waals surface area contributed by atoms with Crippen LogP contribution in [-0.2, 0) is 14.2 Å². The lowest BCUT2D eigenvalue weighted by Crippen LogP contribution is -2.46. The second-order valence-electron chi connectivity index (χ2n) is 5.14. The highest BCUT2D eigenvalue weighted by atomic mass is 32.2. The Morgan fingerprint density at radius 2 is 1.94 bits per heavy atom. The predicted octanol–water partition coefficient (Wildman–Crippen LogP) is 3.05. The van der Waals surface area contributed by atoms with Gasteiger partial charge in [-0.05, 0) is 26.0 Å². The standard InChI is InChI=1S/C14H18O3S/c1-14(2)15-9-12-11(17-14)8-13(16-12)18-10-6-4-3-5-7-10/h3-7,11-13H,8-9H2,1-2H3/t11-,12-,13+/m1/s1. The third-order valence-corrected chi connectivity index (χ3v) is 4.32. The quantitative estimate of drug-likeness (QED) is 0.822. The van der Waals surface area contributed by atoms with Gasteiger partial charge in [0.25, 0.3) is 0 Å². The molecule has 0 radical (unpaired) electrons. The van der Waals surface area contributed by atoms with Crippen molar-refractivity contribution in [3.63, 3.8) is 0 Å². The van der Waals surface area contributed by atoms with Crippen LogP contribution in [0.2, 0.25) is 0 Å². The zero-order valence-corrected chi connectivity index (χ0v) is 11.5. The van der Waals surface area contributed by atoms with Gasteiger partial charge in [-0.1, -0.05) is 30.0 Å². The van der Waals surface area contributed by atoms with Gasteiger partial charge in [0.05, 0.1) is 12.7 Å². The largest absolute Gasteiger partial charge is 0.359 e. The SMILES string of the molecule is CC1(C)OC[C@H]2O[C@@H](Sc3ccccc3)C[C@H]2O1. The molecule has 0 aromatic heterocycles. The first kappa shape index (κ1) is 12.5. The lowest BCUT2D eigenvalue weighted by molar-refractivity contribution is -0.292. The van der Waals surface area contributed by atoms with Gasteiger partial charge in [-0.2, -0.15) is 0 Å². The summed E-state index contributed by atoms with van der Waals surface area (Å²) >= 11 is 1.76. The minimum absolute atomic E-state index is 0.0826. The molecule has 0 saturated carbocycles. The Bertz CT molecular complexity index is 407. The minimum Gasteiger partial charge on any atom is -0.359 e. The molecule has 4 heteroatoms. The maximum atomic E-state index is 5.98. The number of ether oxygens (including phenoxy) is 3. The Kier molecular flexibility index (Phi) is 3.36. The van der Waals surface area contributed by atoms with Gasteiger partial charge in [-0.15, -0.1) is 0 Å². The van der Waals surface area contributed by atoms with Gasteiger partial charge in [0, 0.05) is 11.3 Å². The van der Waals surface area contributed by atoms with Crippen molar-refractivity contribution in [3.05, 3.63) is 30.3 Å². The molecule has 98 valence electrons. The van der Waals surface area contributed by atoms with E-state index in [0.29, 0.717) is 6.61 Å². The molecule has 0 amide bonds. The van der Waals surface area contributed by atoms with E-state index in [4.69, 9.17) is 14.2 Å². The Balaban J connectivity index is 1.62. The summed E-state index contributed by atoms with van der Waals surface area (Å²) in [6.45, 7) is 4.55. The summed E-state index contributed by atoms with van der Waals surface area (Å²) in [5, 5.41) is 0. The summed E-state index contributed by atoms with van der Waals surface area (Å²) in [5.74, 6) is -0.475. The Morgan fingerprint density at radius 3 is 2.72 bits per heavy atom. The summed E-state index contributed by atoms with van der Waals surface area (Å²) in [4.78, 5) is 1.24. The van der Waals surface area contributed by atoms with Crippen LogP contribution in [0.3, 0.4) is 0 Å². The fourth-order valence-corrected chi connectivity index (χ4v) is 3.46. The Hall–Kier alpha value is -0.550. The molecule has 3 rings (SSSR count). The lowest BCUT2D eigenvalue weighted by atomic mass is 10.1. The van der Waals surface area contributed by atoms with Crippen molar-refractivity contribution in [2.75, 3.05) is 6.61 Å². The second-order valence-corrected chi connectivity index (χ2v) is 6.37. The van der Waals surface area contributed by atoms with Crippen LogP contribution >= 0.6 is 11.8 Å². The number of benzene rings is 1. The van der Waals surface area contributed by atoms with Gasteiger partial charge < -0.3 is 14.2 Å². The van der Waals surface area contributed by atoms with Crippen LogP contribution in [0.5, 0.6) is 0 Å². The van der Waals surface area contributed by atoms with Gasteiger partial charge in [0.1, 0.15) is 11.5 Å². The molecule has 0 N–H and O–H groups in total. The zero-order chi connectivity index (χ0) is 12.6. The van der Waals surface area contributed by atoms with Crippen molar-refractivity contribution >= 4 is 11.8 Å². The van der Waals surface area contributed by atoms with Crippen molar-refractivity contribution < 1.29 is 14.2 Å². The van der Waals surface area contributed by atoms with Gasteiger partial charge in [0.2, 0.25) is 0 Å². The molecule has 2 aliphatic rings. The topological polar surface area (TPSA) is 27.7 Å². The summed E-state index contributed by atoms with van der Waals surface area (Å²) in [6.07, 6.45) is 1.17. The minimum atomic E-state index is -0.475. The molecule has 0 unspecified atom stereocenters. The Morgan fingerprint density at radius 1 is 1.17 bits per heavy atom. The molecule has 1 aromatic rings. The van der Waals surface area contributed by atoms with Crippen LogP contribution in [0.4, 0.5) is 0 Å². The third kappa shape index (κ3) is 2.72. The lowest BCUT2D eigenvalue weighted by Gasteiger charge is -2.36. The van der Waals surface area contributed by atoms with Gasteiger partial charge in [0.15, 0.2) is 5.79 Å². The van der Waals surface area contributed by atoms with Crippen molar-refractivity contribution in [1.29, 1.82) is 0 Å². The average molecular weight is 266 g/mol. The van der Waals surface area contributed by atoms with E-state index >= 15 is 0 Å². The smallest absolute Gasteiger partial charge is 0.163 e. The molecule has 2 aliphatic heterocycles. The van der Waals surface area contributed by atoms with Gasteiger partial charge >= 0.3 is 0 Å². The predicted molar refractivity (Wildman–Crippen MR) is 70.5 cm³/mol. The van der Waals surface area contributed by atoms with E-state index in [0.717, 1.165) is 6.42 Å². The number of hydrogen-bond acceptors (Lipinski definition) is 4. The number of thioether (sulfide) groups is 1. The monoisotopic (exact) mass is 266 g/mol. The molecule has 0 spiro atoms. The van der Waals surface area contributed by atoms with Crippen molar-refractivity contribution in [1.82, 2.24) is 0 Å². The normalized spacial score (nSPS) is 34.2. The Labute approximate surface area is 112 Å². The van der Waals surface area contributed by atoms with E-state index in [1.807, 2.05) is 32.0 Å². The van der Waals surface area contributed by atoms with E-state index in [1.54, 1.807) is 11.8 Å². The summed E-state index contributed by atoms with van der Waals surface area (Å²) in [6, 6.07) is 10.3. The molecule has 18 heavy (non-hydrogen) atoms. The molecular weight excluding hydrogens is 248 g/mol. The molecule has 0 bridgehead atoms. The van der Waals surface area contributed by atoms with Crippen LogP contribution in [0.15, 0.2) is 35.2 Å². The van der Waals surface area contributed by atoms with E-state index < -0.39 is 5.79 Å². The molecule has 2 heterocycles. The first-order valence-electron chi connectivity index (χ1n) is 6.31. The van der Waals surface area contributed by atoms with E-state index in [9.17, 15) is 0 Å². The maximum absolute atomic E-state index is 5.98. The summed E-state index contributed by atoms with van der Waals surface area (Å²) in [5.41, 5.74) is 0.167. The maximum Gasteiger partial charge on any atom is 0.163 e. The highest BCUT2D eigenvalue weighted by molar-refractivity contribution is 7.99. The van der Waals surface area contributed by atoms with E-state index in [-0.39, 0.29) is 17.6 Å². The molecule has 2 fully saturated rings. The second kappa shape index (κ2) is 4.85. The van der Waals surface area contributed by atoms with Crippen LogP contribution in [-0.4, -0.2) is 30.0 Å². The number of hydrogen-bond donors (Lipinski definition) is 0. The molecule has 3 atom stereocenters. The van der Waals surface area contributed by atoms with Crippen molar-refractivity contribution in [3.8, 4) is 0 Å². The molecule has 0 aliphatic carbocycles. The molecule has 2 saturated heterocycles. The summed E-state index contributed by atoms with van der Waals surface area (Å²) < 4.78 is 17.5. The molecule has 1 aromatic carbocycles. The number of rotatable bonds is 2. The molecule has 3 nitrogen and oxygen atoms in total.